The second kappa shape index (κ2) is 5.10. The molecular weight excluding hydrogens is 389 g/mol. The summed E-state index contributed by atoms with van der Waals surface area (Å²) < 4.78 is 1.73. The van der Waals surface area contributed by atoms with Crippen molar-refractivity contribution in [3.63, 3.8) is 0 Å². The molecule has 1 heterocycles. The molecule has 0 atom stereocenters. The van der Waals surface area contributed by atoms with Gasteiger partial charge in [0.15, 0.2) is 0 Å². The van der Waals surface area contributed by atoms with Gasteiger partial charge in [0.25, 0.3) is 0 Å². The molecule has 0 unspecified atom stereocenters. The van der Waals surface area contributed by atoms with Gasteiger partial charge < -0.3 is 5.73 Å². The maximum absolute atomic E-state index is 12.2. The standard InChI is InChI=1S/C11H6Br2ClNOS/c12-6-4-8(17-11(6)13)10(16)5-2-1-3-7(14)9(5)15/h1-4H,15H2. The number of hydrogen-bond donors (Lipinski definition) is 1. The number of nitrogen functional groups attached to an aromatic ring is 1. The van der Waals surface area contributed by atoms with E-state index in [0.29, 0.717) is 21.2 Å². The first-order chi connectivity index (χ1) is 8.00. The lowest BCUT2D eigenvalue weighted by Gasteiger charge is -2.04. The average molecular weight is 396 g/mol. The number of nitrogens with two attached hydrogens (primary N) is 1. The molecule has 17 heavy (non-hydrogen) atoms. The van der Waals surface area contributed by atoms with Gasteiger partial charge in [0.1, 0.15) is 0 Å². The Hall–Kier alpha value is -0.360. The summed E-state index contributed by atoms with van der Waals surface area (Å²) in [6.45, 7) is 0. The van der Waals surface area contributed by atoms with Gasteiger partial charge in [-0.1, -0.05) is 17.7 Å². The highest BCUT2D eigenvalue weighted by atomic mass is 79.9. The zero-order chi connectivity index (χ0) is 12.6. The van der Waals surface area contributed by atoms with Crippen molar-refractivity contribution in [1.29, 1.82) is 0 Å². The molecule has 6 heteroatoms. The lowest BCUT2D eigenvalue weighted by molar-refractivity contribution is 0.104. The van der Waals surface area contributed by atoms with Crippen molar-refractivity contribution >= 4 is 66.3 Å². The summed E-state index contributed by atoms with van der Waals surface area (Å²) in [5.41, 5.74) is 6.54. The van der Waals surface area contributed by atoms with Crippen molar-refractivity contribution in [2.24, 2.45) is 0 Å². The highest BCUT2D eigenvalue weighted by Gasteiger charge is 2.17. The quantitative estimate of drug-likeness (QED) is 0.590. The third kappa shape index (κ3) is 2.57. The van der Waals surface area contributed by atoms with Crippen LogP contribution in [0.2, 0.25) is 5.02 Å². The molecule has 2 N–H and O–H groups in total. The molecule has 0 saturated carbocycles. The molecule has 0 saturated heterocycles. The van der Waals surface area contributed by atoms with Gasteiger partial charge in [0, 0.05) is 10.0 Å². The summed E-state index contributed by atoms with van der Waals surface area (Å²) >= 11 is 13.9. The number of thiophene rings is 1. The predicted octanol–water partition coefficient (Wildman–Crippen LogP) is 4.74. The molecule has 0 bridgehead atoms. The van der Waals surface area contributed by atoms with E-state index in [1.54, 1.807) is 24.3 Å². The molecule has 2 rings (SSSR count). The largest absolute Gasteiger partial charge is 0.397 e. The number of ketones is 1. The Morgan fingerprint density at radius 2 is 2.06 bits per heavy atom. The topological polar surface area (TPSA) is 43.1 Å². The summed E-state index contributed by atoms with van der Waals surface area (Å²) in [6.07, 6.45) is 0. The van der Waals surface area contributed by atoms with Crippen LogP contribution in [0.1, 0.15) is 15.2 Å². The zero-order valence-electron chi connectivity index (χ0n) is 8.34. The summed E-state index contributed by atoms with van der Waals surface area (Å²) in [5, 5.41) is 0.394. The van der Waals surface area contributed by atoms with Gasteiger partial charge in [0.05, 0.1) is 19.4 Å². The molecular formula is C11H6Br2ClNOS. The molecule has 88 valence electrons. The third-order valence-corrected chi connectivity index (χ3v) is 5.75. The van der Waals surface area contributed by atoms with Gasteiger partial charge in [-0.15, -0.1) is 11.3 Å². The van der Waals surface area contributed by atoms with E-state index in [4.69, 9.17) is 17.3 Å². The Morgan fingerprint density at radius 1 is 1.35 bits per heavy atom. The van der Waals surface area contributed by atoms with Crippen LogP contribution in [0.25, 0.3) is 0 Å². The van der Waals surface area contributed by atoms with E-state index in [1.807, 2.05) is 0 Å². The predicted molar refractivity (Wildman–Crippen MR) is 79.0 cm³/mol. The molecule has 2 nitrogen and oxygen atoms in total. The Bertz CT molecular complexity index is 578. The Morgan fingerprint density at radius 3 is 2.65 bits per heavy atom. The smallest absolute Gasteiger partial charge is 0.205 e. The number of benzene rings is 1. The molecule has 0 aliphatic carbocycles. The van der Waals surface area contributed by atoms with E-state index in [-0.39, 0.29) is 5.78 Å². The van der Waals surface area contributed by atoms with Crippen molar-refractivity contribution in [2.45, 2.75) is 0 Å². The first-order valence-electron chi connectivity index (χ1n) is 4.54. The highest BCUT2D eigenvalue weighted by Crippen LogP contribution is 2.34. The number of hydrogen-bond acceptors (Lipinski definition) is 3. The van der Waals surface area contributed by atoms with Crippen LogP contribution in [-0.2, 0) is 0 Å². The van der Waals surface area contributed by atoms with Gasteiger partial charge in [-0.3, -0.25) is 4.79 Å². The summed E-state index contributed by atoms with van der Waals surface area (Å²) in [5.74, 6) is -0.124. The normalized spacial score (nSPS) is 10.5. The fourth-order valence-electron chi connectivity index (χ4n) is 1.33. The SMILES string of the molecule is Nc1c(Cl)cccc1C(=O)c1cc(Br)c(Br)s1. The molecule has 0 amide bonds. The van der Waals surface area contributed by atoms with Gasteiger partial charge in [-0.05, 0) is 50.1 Å². The summed E-state index contributed by atoms with van der Waals surface area (Å²) in [7, 11) is 0. The monoisotopic (exact) mass is 393 g/mol. The molecule has 0 aliphatic rings. The highest BCUT2D eigenvalue weighted by molar-refractivity contribution is 9.13. The summed E-state index contributed by atoms with van der Waals surface area (Å²) in [4.78, 5) is 12.8. The molecule has 0 fully saturated rings. The van der Waals surface area contributed by atoms with Crippen molar-refractivity contribution in [3.05, 3.63) is 48.0 Å². The van der Waals surface area contributed by atoms with Gasteiger partial charge in [-0.25, -0.2) is 0 Å². The van der Waals surface area contributed by atoms with E-state index in [0.717, 1.165) is 8.26 Å². The Balaban J connectivity index is 2.47. The number of halogens is 3. The fraction of sp³-hybridized carbons (Fsp3) is 0. The molecule has 1 aromatic heterocycles. The second-order valence-corrected chi connectivity index (χ2v) is 6.89. The molecule has 0 radical (unpaired) electrons. The number of rotatable bonds is 2. The Kier molecular flexibility index (Phi) is 3.92. The van der Waals surface area contributed by atoms with Crippen LogP contribution in [0, 0.1) is 0 Å². The van der Waals surface area contributed by atoms with Crippen molar-refractivity contribution in [2.75, 3.05) is 5.73 Å². The third-order valence-electron chi connectivity index (χ3n) is 2.17. The molecule has 0 aliphatic heterocycles. The minimum Gasteiger partial charge on any atom is -0.397 e. The number of carbonyl (C=O) groups is 1. The van der Waals surface area contributed by atoms with E-state index in [2.05, 4.69) is 31.9 Å². The van der Waals surface area contributed by atoms with Crippen LogP contribution in [0.15, 0.2) is 32.5 Å². The van der Waals surface area contributed by atoms with Crippen LogP contribution >= 0.6 is 54.8 Å². The number of anilines is 1. The summed E-state index contributed by atoms with van der Waals surface area (Å²) in [6, 6.07) is 6.81. The van der Waals surface area contributed by atoms with Crippen LogP contribution in [-0.4, -0.2) is 5.78 Å². The molecule has 0 spiro atoms. The lowest BCUT2D eigenvalue weighted by atomic mass is 10.1. The van der Waals surface area contributed by atoms with Crippen LogP contribution in [0.5, 0.6) is 0 Å². The van der Waals surface area contributed by atoms with E-state index in [1.165, 1.54) is 11.3 Å². The van der Waals surface area contributed by atoms with E-state index < -0.39 is 0 Å². The maximum atomic E-state index is 12.2. The van der Waals surface area contributed by atoms with Gasteiger partial charge >= 0.3 is 0 Å². The van der Waals surface area contributed by atoms with E-state index in [9.17, 15) is 4.79 Å². The van der Waals surface area contributed by atoms with Crippen LogP contribution in [0.4, 0.5) is 5.69 Å². The minimum atomic E-state index is -0.124. The van der Waals surface area contributed by atoms with Crippen molar-refractivity contribution < 1.29 is 4.79 Å². The zero-order valence-corrected chi connectivity index (χ0v) is 13.1. The first-order valence-corrected chi connectivity index (χ1v) is 7.32. The fourth-order valence-corrected chi connectivity index (χ4v) is 3.49. The van der Waals surface area contributed by atoms with Gasteiger partial charge in [-0.2, -0.15) is 0 Å². The average Bonchev–Trinajstić information content (AvgIpc) is 2.62. The lowest BCUT2D eigenvalue weighted by Crippen LogP contribution is -2.03. The van der Waals surface area contributed by atoms with Crippen LogP contribution < -0.4 is 5.73 Å². The van der Waals surface area contributed by atoms with Crippen LogP contribution in [0.3, 0.4) is 0 Å². The van der Waals surface area contributed by atoms with Gasteiger partial charge in [0.2, 0.25) is 5.78 Å². The minimum absolute atomic E-state index is 0.124. The molecule has 2 aromatic rings. The van der Waals surface area contributed by atoms with Crippen molar-refractivity contribution in [3.8, 4) is 0 Å². The van der Waals surface area contributed by atoms with E-state index >= 15 is 0 Å². The molecule has 1 aromatic carbocycles. The first kappa shape index (κ1) is 13.1. The maximum Gasteiger partial charge on any atom is 0.205 e. The van der Waals surface area contributed by atoms with Crippen molar-refractivity contribution in [1.82, 2.24) is 0 Å². The number of para-hydroxylation sites is 1. The Labute approximate surface area is 124 Å². The number of carbonyl (C=O) groups excluding carboxylic acids is 1. The second-order valence-electron chi connectivity index (χ2n) is 3.26.